The van der Waals surface area contributed by atoms with Crippen molar-refractivity contribution >= 4 is 5.84 Å². The Labute approximate surface area is 124 Å². The number of rotatable bonds is 5. The zero-order valence-electron chi connectivity index (χ0n) is 12.2. The summed E-state index contributed by atoms with van der Waals surface area (Å²) in [6.07, 6.45) is 3.59. The van der Waals surface area contributed by atoms with Crippen LogP contribution < -0.4 is 11.1 Å². The lowest BCUT2D eigenvalue weighted by Gasteiger charge is -2.15. The summed E-state index contributed by atoms with van der Waals surface area (Å²) in [5, 5.41) is 15.2. The third kappa shape index (κ3) is 3.79. The maximum Gasteiger partial charge on any atom is 0.170 e. The van der Waals surface area contributed by atoms with Crippen molar-refractivity contribution in [1.29, 1.82) is 0 Å². The number of aromatic nitrogens is 1. The van der Waals surface area contributed by atoms with Gasteiger partial charge >= 0.3 is 0 Å². The van der Waals surface area contributed by atoms with Crippen molar-refractivity contribution in [3.63, 3.8) is 0 Å². The summed E-state index contributed by atoms with van der Waals surface area (Å²) in [5.74, 6) is 0.128. The van der Waals surface area contributed by atoms with Crippen molar-refractivity contribution in [1.82, 2.24) is 10.3 Å². The topological polar surface area (TPSA) is 83.5 Å². The molecule has 0 aliphatic carbocycles. The van der Waals surface area contributed by atoms with Crippen LogP contribution in [0.2, 0.25) is 0 Å². The van der Waals surface area contributed by atoms with E-state index in [2.05, 4.69) is 22.4 Å². The summed E-state index contributed by atoms with van der Waals surface area (Å²) in [4.78, 5) is 4.02. The van der Waals surface area contributed by atoms with Crippen molar-refractivity contribution in [3.8, 4) is 0 Å². The minimum absolute atomic E-state index is 0.128. The van der Waals surface area contributed by atoms with Crippen LogP contribution in [0.5, 0.6) is 0 Å². The first-order chi connectivity index (χ1) is 10.1. The zero-order chi connectivity index (χ0) is 15.2. The first-order valence-electron chi connectivity index (χ1n) is 6.82. The van der Waals surface area contributed by atoms with Gasteiger partial charge in [-0.05, 0) is 48.7 Å². The Morgan fingerprint density at radius 1 is 1.33 bits per heavy atom. The van der Waals surface area contributed by atoms with E-state index < -0.39 is 0 Å². The van der Waals surface area contributed by atoms with Gasteiger partial charge < -0.3 is 16.3 Å². The summed E-state index contributed by atoms with van der Waals surface area (Å²) in [7, 11) is 0. The maximum atomic E-state index is 8.70. The highest BCUT2D eigenvalue weighted by molar-refractivity contribution is 5.97. The van der Waals surface area contributed by atoms with Crippen molar-refractivity contribution in [2.75, 3.05) is 0 Å². The smallest absolute Gasteiger partial charge is 0.170 e. The molecular formula is C16H20N4O. The molecule has 2 aromatic rings. The van der Waals surface area contributed by atoms with Crippen LogP contribution in [0.3, 0.4) is 0 Å². The fourth-order valence-corrected chi connectivity index (χ4v) is 2.14. The fourth-order valence-electron chi connectivity index (χ4n) is 2.14. The third-order valence-corrected chi connectivity index (χ3v) is 3.55. The number of amidine groups is 1. The summed E-state index contributed by atoms with van der Waals surface area (Å²) >= 11 is 0. The van der Waals surface area contributed by atoms with Crippen molar-refractivity contribution < 1.29 is 5.21 Å². The molecule has 110 valence electrons. The zero-order valence-corrected chi connectivity index (χ0v) is 12.2. The normalized spacial score (nSPS) is 13.1. The Bertz CT molecular complexity index is 625. The van der Waals surface area contributed by atoms with E-state index in [0.717, 1.165) is 17.7 Å². The average Bonchev–Trinajstić information content (AvgIpc) is 2.53. The number of pyridine rings is 1. The molecule has 0 unspecified atom stereocenters. The van der Waals surface area contributed by atoms with E-state index in [1.165, 1.54) is 11.1 Å². The standard InChI is InChI=1S/C16H20N4O/c1-11-9-14(16(17)20-21)3-4-15(11)10-19-12(2)13-5-7-18-8-6-13/h3-9,12,19,21H,10H2,1-2H3,(H2,17,20)/t12-/m0/s1. The van der Waals surface area contributed by atoms with Crippen LogP contribution in [0.25, 0.3) is 0 Å². The van der Waals surface area contributed by atoms with Crippen LogP contribution in [-0.4, -0.2) is 16.0 Å². The van der Waals surface area contributed by atoms with E-state index in [1.54, 1.807) is 12.4 Å². The second-order valence-corrected chi connectivity index (χ2v) is 5.01. The number of oxime groups is 1. The summed E-state index contributed by atoms with van der Waals surface area (Å²) in [5.41, 5.74) is 9.81. The lowest BCUT2D eigenvalue weighted by atomic mass is 10.0. The molecule has 1 aromatic heterocycles. The van der Waals surface area contributed by atoms with E-state index in [-0.39, 0.29) is 11.9 Å². The second-order valence-electron chi connectivity index (χ2n) is 5.01. The van der Waals surface area contributed by atoms with Crippen LogP contribution in [0.4, 0.5) is 0 Å². The van der Waals surface area contributed by atoms with E-state index in [9.17, 15) is 0 Å². The predicted octanol–water partition coefficient (Wildman–Crippen LogP) is 2.34. The number of nitrogens with two attached hydrogens (primary N) is 1. The van der Waals surface area contributed by atoms with Gasteiger partial charge in [0.2, 0.25) is 0 Å². The third-order valence-electron chi connectivity index (χ3n) is 3.55. The van der Waals surface area contributed by atoms with Gasteiger partial charge in [0.15, 0.2) is 5.84 Å². The molecule has 0 amide bonds. The Morgan fingerprint density at radius 2 is 2.05 bits per heavy atom. The molecule has 0 aliphatic rings. The maximum absolute atomic E-state index is 8.70. The molecule has 0 radical (unpaired) electrons. The lowest BCUT2D eigenvalue weighted by molar-refractivity contribution is 0.318. The van der Waals surface area contributed by atoms with Gasteiger partial charge in [-0.2, -0.15) is 0 Å². The monoisotopic (exact) mass is 284 g/mol. The highest BCUT2D eigenvalue weighted by Gasteiger charge is 2.07. The predicted molar refractivity (Wildman–Crippen MR) is 83.2 cm³/mol. The number of aryl methyl sites for hydroxylation is 1. The summed E-state index contributed by atoms with van der Waals surface area (Å²) in [6.45, 7) is 4.89. The Kier molecular flexibility index (Phi) is 4.90. The Balaban J connectivity index is 2.04. The van der Waals surface area contributed by atoms with Gasteiger partial charge in [0.05, 0.1) is 0 Å². The van der Waals surface area contributed by atoms with Crippen LogP contribution in [-0.2, 0) is 6.54 Å². The number of hydrogen-bond acceptors (Lipinski definition) is 4. The minimum atomic E-state index is 0.128. The van der Waals surface area contributed by atoms with Gasteiger partial charge in [0.1, 0.15) is 0 Å². The van der Waals surface area contributed by atoms with Crippen molar-refractivity contribution in [2.24, 2.45) is 10.9 Å². The van der Waals surface area contributed by atoms with Crippen LogP contribution in [0, 0.1) is 6.92 Å². The fraction of sp³-hybridized carbons (Fsp3) is 0.250. The Hall–Kier alpha value is -2.40. The molecule has 21 heavy (non-hydrogen) atoms. The van der Waals surface area contributed by atoms with Gasteiger partial charge in [-0.3, -0.25) is 4.98 Å². The molecule has 1 aromatic carbocycles. The largest absolute Gasteiger partial charge is 0.409 e. The SMILES string of the molecule is Cc1cc(/C(N)=N/O)ccc1CN[C@@H](C)c1ccncc1. The average molecular weight is 284 g/mol. The molecule has 5 heteroatoms. The number of hydrogen-bond donors (Lipinski definition) is 3. The van der Waals surface area contributed by atoms with E-state index >= 15 is 0 Å². The Morgan fingerprint density at radius 3 is 2.67 bits per heavy atom. The lowest BCUT2D eigenvalue weighted by Crippen LogP contribution is -2.19. The molecule has 0 spiro atoms. The molecule has 5 nitrogen and oxygen atoms in total. The molecule has 0 fully saturated rings. The van der Waals surface area contributed by atoms with Crippen LogP contribution >= 0.6 is 0 Å². The minimum Gasteiger partial charge on any atom is -0.409 e. The van der Waals surface area contributed by atoms with Crippen molar-refractivity contribution in [2.45, 2.75) is 26.4 Å². The molecule has 2 rings (SSSR count). The van der Waals surface area contributed by atoms with Gasteiger partial charge in [0.25, 0.3) is 0 Å². The summed E-state index contributed by atoms with van der Waals surface area (Å²) < 4.78 is 0. The molecular weight excluding hydrogens is 264 g/mol. The van der Waals surface area contributed by atoms with E-state index in [1.807, 2.05) is 37.3 Å². The van der Waals surface area contributed by atoms with Crippen LogP contribution in [0.15, 0.2) is 47.9 Å². The molecule has 1 atom stereocenters. The molecule has 0 saturated heterocycles. The molecule has 4 N–H and O–H groups in total. The molecule has 0 aliphatic heterocycles. The van der Waals surface area contributed by atoms with Crippen LogP contribution in [0.1, 0.15) is 35.2 Å². The first-order valence-corrected chi connectivity index (χ1v) is 6.82. The molecule has 0 bridgehead atoms. The second kappa shape index (κ2) is 6.85. The van der Waals surface area contributed by atoms with Gasteiger partial charge in [-0.25, -0.2) is 0 Å². The molecule has 0 saturated carbocycles. The van der Waals surface area contributed by atoms with Gasteiger partial charge in [0, 0.05) is 30.5 Å². The number of nitrogens with zero attached hydrogens (tertiary/aromatic N) is 2. The highest BCUT2D eigenvalue weighted by Crippen LogP contribution is 2.15. The number of benzene rings is 1. The quantitative estimate of drug-likeness (QED) is 0.340. The number of nitrogens with one attached hydrogen (secondary N) is 1. The highest BCUT2D eigenvalue weighted by atomic mass is 16.4. The molecule has 1 heterocycles. The van der Waals surface area contributed by atoms with Gasteiger partial charge in [-0.15, -0.1) is 0 Å². The summed E-state index contributed by atoms with van der Waals surface area (Å²) in [6, 6.07) is 10.0. The van der Waals surface area contributed by atoms with E-state index in [4.69, 9.17) is 10.9 Å². The van der Waals surface area contributed by atoms with Crippen molar-refractivity contribution in [3.05, 3.63) is 65.0 Å². The van der Waals surface area contributed by atoms with E-state index in [0.29, 0.717) is 0 Å². The van der Waals surface area contributed by atoms with Gasteiger partial charge in [-0.1, -0.05) is 17.3 Å². The first kappa shape index (κ1) is 15.0.